The van der Waals surface area contributed by atoms with Gasteiger partial charge in [0.2, 0.25) is 5.91 Å². The van der Waals surface area contributed by atoms with Gasteiger partial charge in [-0.1, -0.05) is 6.07 Å². The summed E-state index contributed by atoms with van der Waals surface area (Å²) in [7, 11) is 0. The van der Waals surface area contributed by atoms with Crippen LogP contribution in [0.5, 0.6) is 5.75 Å². The van der Waals surface area contributed by atoms with Crippen molar-refractivity contribution in [2.75, 3.05) is 25.0 Å². The monoisotopic (exact) mass is 277 g/mol. The molecule has 6 heteroatoms. The number of hydrogen-bond donors (Lipinski definition) is 3. The van der Waals surface area contributed by atoms with Crippen molar-refractivity contribution >= 4 is 17.5 Å². The van der Waals surface area contributed by atoms with E-state index in [4.69, 9.17) is 4.74 Å². The molecule has 0 saturated heterocycles. The van der Waals surface area contributed by atoms with Crippen molar-refractivity contribution in [2.45, 2.75) is 19.9 Å². The standard InChI is InChI=1S/C14H19N3O3/c1-3-15-13(18)9(2)17-14(19)10-5-4-6-11-12(10)20-8-7-16-11/h4-6,9,16H,3,7-8H2,1-2H3,(H,15,18)(H,17,19). The number of carbonyl (C=O) groups excluding carboxylic acids is 2. The van der Waals surface area contributed by atoms with Crippen LogP contribution in [0.4, 0.5) is 5.69 Å². The molecule has 3 N–H and O–H groups in total. The second kappa shape index (κ2) is 6.27. The lowest BCUT2D eigenvalue weighted by atomic mass is 10.1. The first-order valence-corrected chi connectivity index (χ1v) is 6.71. The van der Waals surface area contributed by atoms with Crippen LogP contribution in [0.15, 0.2) is 18.2 Å². The number of anilines is 1. The Kier molecular flexibility index (Phi) is 4.45. The first-order chi connectivity index (χ1) is 9.63. The summed E-state index contributed by atoms with van der Waals surface area (Å²) in [5.41, 5.74) is 1.24. The summed E-state index contributed by atoms with van der Waals surface area (Å²) in [6.07, 6.45) is 0. The molecule has 0 bridgehead atoms. The van der Waals surface area contributed by atoms with Gasteiger partial charge in [-0.15, -0.1) is 0 Å². The molecule has 0 fully saturated rings. The van der Waals surface area contributed by atoms with E-state index in [0.29, 0.717) is 31.0 Å². The summed E-state index contributed by atoms with van der Waals surface area (Å²) in [6, 6.07) is 4.74. The zero-order valence-electron chi connectivity index (χ0n) is 11.7. The number of para-hydroxylation sites is 1. The molecule has 0 aromatic heterocycles. The number of hydrogen-bond acceptors (Lipinski definition) is 4. The summed E-state index contributed by atoms with van der Waals surface area (Å²) >= 11 is 0. The Hall–Kier alpha value is -2.24. The number of ether oxygens (including phenoxy) is 1. The van der Waals surface area contributed by atoms with E-state index in [1.807, 2.05) is 13.0 Å². The molecule has 20 heavy (non-hydrogen) atoms. The minimum atomic E-state index is -0.588. The van der Waals surface area contributed by atoms with Gasteiger partial charge in [0.05, 0.1) is 11.3 Å². The highest BCUT2D eigenvalue weighted by Gasteiger charge is 2.21. The van der Waals surface area contributed by atoms with Gasteiger partial charge in [0.15, 0.2) is 5.75 Å². The van der Waals surface area contributed by atoms with Crippen molar-refractivity contribution in [3.63, 3.8) is 0 Å². The molecule has 1 aromatic carbocycles. The predicted molar refractivity (Wildman–Crippen MR) is 76.0 cm³/mol. The Morgan fingerprint density at radius 3 is 3.00 bits per heavy atom. The second-order valence-electron chi connectivity index (χ2n) is 4.55. The lowest BCUT2D eigenvalue weighted by Crippen LogP contribution is -2.44. The van der Waals surface area contributed by atoms with Gasteiger partial charge in [-0.2, -0.15) is 0 Å². The molecule has 2 rings (SSSR count). The van der Waals surface area contributed by atoms with Crippen LogP contribution in [-0.2, 0) is 4.79 Å². The van der Waals surface area contributed by atoms with Crippen LogP contribution < -0.4 is 20.7 Å². The van der Waals surface area contributed by atoms with Gasteiger partial charge in [0.1, 0.15) is 12.6 Å². The molecular weight excluding hydrogens is 258 g/mol. The largest absolute Gasteiger partial charge is 0.489 e. The lowest BCUT2D eigenvalue weighted by molar-refractivity contribution is -0.122. The zero-order chi connectivity index (χ0) is 14.5. The van der Waals surface area contributed by atoms with E-state index < -0.39 is 6.04 Å². The summed E-state index contributed by atoms with van der Waals surface area (Å²) < 4.78 is 5.54. The van der Waals surface area contributed by atoms with Crippen LogP contribution in [0, 0.1) is 0 Å². The SMILES string of the molecule is CCNC(=O)C(C)NC(=O)c1cccc2c1OCCN2. The summed E-state index contributed by atoms with van der Waals surface area (Å²) in [4.78, 5) is 23.9. The number of nitrogens with one attached hydrogen (secondary N) is 3. The average molecular weight is 277 g/mol. The smallest absolute Gasteiger partial charge is 0.255 e. The first-order valence-electron chi connectivity index (χ1n) is 6.71. The lowest BCUT2D eigenvalue weighted by Gasteiger charge is -2.22. The van der Waals surface area contributed by atoms with E-state index in [9.17, 15) is 9.59 Å². The molecule has 0 aliphatic carbocycles. The average Bonchev–Trinajstić information content (AvgIpc) is 2.46. The zero-order valence-corrected chi connectivity index (χ0v) is 11.7. The fourth-order valence-corrected chi connectivity index (χ4v) is 2.02. The Balaban J connectivity index is 2.12. The molecule has 0 radical (unpaired) electrons. The van der Waals surface area contributed by atoms with Crippen LogP contribution in [0.1, 0.15) is 24.2 Å². The third kappa shape index (κ3) is 3.01. The molecule has 2 amide bonds. The van der Waals surface area contributed by atoms with Crippen molar-refractivity contribution in [2.24, 2.45) is 0 Å². The van der Waals surface area contributed by atoms with E-state index in [-0.39, 0.29) is 11.8 Å². The van der Waals surface area contributed by atoms with Crippen LogP contribution >= 0.6 is 0 Å². The molecule has 1 aliphatic rings. The maximum Gasteiger partial charge on any atom is 0.255 e. The number of rotatable bonds is 4. The number of benzene rings is 1. The fourth-order valence-electron chi connectivity index (χ4n) is 2.02. The highest BCUT2D eigenvalue weighted by molar-refractivity contribution is 6.01. The third-order valence-corrected chi connectivity index (χ3v) is 3.02. The van der Waals surface area contributed by atoms with Gasteiger partial charge in [0.25, 0.3) is 5.91 Å². The van der Waals surface area contributed by atoms with Gasteiger partial charge >= 0.3 is 0 Å². The van der Waals surface area contributed by atoms with Crippen molar-refractivity contribution in [3.8, 4) is 5.75 Å². The van der Waals surface area contributed by atoms with Crippen LogP contribution in [0.3, 0.4) is 0 Å². The van der Waals surface area contributed by atoms with Crippen LogP contribution in [-0.4, -0.2) is 37.6 Å². The van der Waals surface area contributed by atoms with E-state index >= 15 is 0 Å². The quantitative estimate of drug-likeness (QED) is 0.758. The predicted octanol–water partition coefficient (Wildman–Crippen LogP) is 0.745. The molecule has 6 nitrogen and oxygen atoms in total. The van der Waals surface area contributed by atoms with Crippen molar-refractivity contribution in [3.05, 3.63) is 23.8 Å². The Labute approximate surface area is 117 Å². The Morgan fingerprint density at radius 1 is 1.45 bits per heavy atom. The van der Waals surface area contributed by atoms with Crippen molar-refractivity contribution < 1.29 is 14.3 Å². The summed E-state index contributed by atoms with van der Waals surface area (Å²) in [6.45, 7) is 5.25. The maximum atomic E-state index is 12.2. The normalized spacial score (nSPS) is 14.3. The summed E-state index contributed by atoms with van der Waals surface area (Å²) in [5, 5.41) is 8.51. The van der Waals surface area contributed by atoms with E-state index in [1.54, 1.807) is 19.1 Å². The van der Waals surface area contributed by atoms with Crippen LogP contribution in [0.25, 0.3) is 0 Å². The van der Waals surface area contributed by atoms with Gasteiger partial charge in [-0.25, -0.2) is 0 Å². The van der Waals surface area contributed by atoms with Gasteiger partial charge < -0.3 is 20.7 Å². The Morgan fingerprint density at radius 2 is 2.25 bits per heavy atom. The topological polar surface area (TPSA) is 79.5 Å². The molecular formula is C14H19N3O3. The first kappa shape index (κ1) is 14.2. The fraction of sp³-hybridized carbons (Fsp3) is 0.429. The molecule has 1 aliphatic heterocycles. The number of carbonyl (C=O) groups is 2. The molecule has 108 valence electrons. The maximum absolute atomic E-state index is 12.2. The highest BCUT2D eigenvalue weighted by Crippen LogP contribution is 2.31. The van der Waals surface area contributed by atoms with Crippen molar-refractivity contribution in [1.29, 1.82) is 0 Å². The number of likely N-dealkylation sites (N-methyl/N-ethyl adjacent to an activating group) is 1. The van der Waals surface area contributed by atoms with Gasteiger partial charge in [-0.05, 0) is 26.0 Å². The highest BCUT2D eigenvalue weighted by atomic mass is 16.5. The molecule has 1 aromatic rings. The minimum Gasteiger partial charge on any atom is -0.489 e. The number of amides is 2. The van der Waals surface area contributed by atoms with Gasteiger partial charge in [0, 0.05) is 13.1 Å². The number of fused-ring (bicyclic) bond motifs is 1. The molecule has 0 spiro atoms. The van der Waals surface area contributed by atoms with E-state index in [0.717, 1.165) is 5.69 Å². The van der Waals surface area contributed by atoms with E-state index in [1.165, 1.54) is 0 Å². The molecule has 1 heterocycles. The van der Waals surface area contributed by atoms with Crippen molar-refractivity contribution in [1.82, 2.24) is 10.6 Å². The Bertz CT molecular complexity index is 516. The molecule has 1 unspecified atom stereocenters. The molecule has 0 saturated carbocycles. The third-order valence-electron chi connectivity index (χ3n) is 3.02. The van der Waals surface area contributed by atoms with Crippen LogP contribution in [0.2, 0.25) is 0 Å². The summed E-state index contributed by atoms with van der Waals surface area (Å²) in [5.74, 6) is 0.0216. The van der Waals surface area contributed by atoms with E-state index in [2.05, 4.69) is 16.0 Å². The molecule has 1 atom stereocenters. The van der Waals surface area contributed by atoms with Gasteiger partial charge in [-0.3, -0.25) is 9.59 Å². The second-order valence-corrected chi connectivity index (χ2v) is 4.55. The minimum absolute atomic E-state index is 0.204.